The van der Waals surface area contributed by atoms with E-state index in [2.05, 4.69) is 11.4 Å². The molecule has 0 aliphatic carbocycles. The van der Waals surface area contributed by atoms with Crippen molar-refractivity contribution in [3.05, 3.63) is 29.8 Å². The number of carbonyl (C=O) groups excluding carboxylic acids is 2. The number of benzene rings is 1. The lowest BCUT2D eigenvalue weighted by Crippen LogP contribution is -2.62. The second-order valence-electron chi connectivity index (χ2n) is 6.48. The summed E-state index contributed by atoms with van der Waals surface area (Å²) in [6.45, 7) is 4.66. The molecule has 1 N–H and O–H groups in total. The number of likely N-dealkylation sites (tertiary alicyclic amines) is 2. The lowest BCUT2D eigenvalue weighted by Gasteiger charge is -2.53. The zero-order valence-electron chi connectivity index (χ0n) is 13.2. The first kappa shape index (κ1) is 15.3. The Morgan fingerprint density at radius 3 is 2.52 bits per heavy atom. The van der Waals surface area contributed by atoms with E-state index >= 15 is 0 Å². The molecule has 0 aromatic heterocycles. The summed E-state index contributed by atoms with van der Waals surface area (Å²) >= 11 is 0. The van der Waals surface area contributed by atoms with Crippen molar-refractivity contribution < 1.29 is 9.59 Å². The second kappa shape index (κ2) is 5.92. The average Bonchev–Trinajstić information content (AvgIpc) is 2.52. The number of amides is 3. The van der Waals surface area contributed by atoms with Gasteiger partial charge >= 0.3 is 6.03 Å². The van der Waals surface area contributed by atoms with Crippen molar-refractivity contribution >= 4 is 17.6 Å². The van der Waals surface area contributed by atoms with E-state index in [1.165, 1.54) is 0 Å². The van der Waals surface area contributed by atoms with E-state index in [1.807, 2.05) is 4.90 Å². The first-order valence-corrected chi connectivity index (χ1v) is 7.83. The largest absolute Gasteiger partial charge is 0.343 e. The summed E-state index contributed by atoms with van der Waals surface area (Å²) in [6.07, 6.45) is 1.92. The third-order valence-electron chi connectivity index (χ3n) is 4.85. The van der Waals surface area contributed by atoms with Gasteiger partial charge < -0.3 is 15.1 Å². The van der Waals surface area contributed by atoms with Crippen LogP contribution in [0.4, 0.5) is 10.5 Å². The minimum Gasteiger partial charge on any atom is -0.343 e. The Hall–Kier alpha value is -2.55. The SMILES string of the molecule is CC(=O)N1CCC2(CC1)CN(C(=O)Nc1cccc(C#N)c1)C2. The maximum atomic E-state index is 12.3. The Balaban J connectivity index is 1.52. The van der Waals surface area contributed by atoms with Crippen molar-refractivity contribution in [1.82, 2.24) is 9.80 Å². The number of nitriles is 1. The van der Waals surface area contributed by atoms with Crippen LogP contribution < -0.4 is 5.32 Å². The Morgan fingerprint density at radius 2 is 1.91 bits per heavy atom. The van der Waals surface area contributed by atoms with E-state index in [-0.39, 0.29) is 17.4 Å². The van der Waals surface area contributed by atoms with Gasteiger partial charge in [0.15, 0.2) is 0 Å². The monoisotopic (exact) mass is 312 g/mol. The summed E-state index contributed by atoms with van der Waals surface area (Å²) in [5.41, 5.74) is 1.35. The molecule has 2 aliphatic heterocycles. The molecule has 2 saturated heterocycles. The molecule has 120 valence electrons. The van der Waals surface area contributed by atoms with Crippen LogP contribution in [0.2, 0.25) is 0 Å². The first-order valence-electron chi connectivity index (χ1n) is 7.83. The van der Waals surface area contributed by atoms with Crippen LogP contribution in [0.5, 0.6) is 0 Å². The highest BCUT2D eigenvalue weighted by Crippen LogP contribution is 2.40. The zero-order valence-corrected chi connectivity index (χ0v) is 13.2. The van der Waals surface area contributed by atoms with E-state index in [0.717, 1.165) is 39.0 Å². The average molecular weight is 312 g/mol. The van der Waals surface area contributed by atoms with Crippen molar-refractivity contribution in [3.63, 3.8) is 0 Å². The molecule has 1 aromatic rings. The molecule has 2 fully saturated rings. The van der Waals surface area contributed by atoms with Crippen LogP contribution in [0.1, 0.15) is 25.3 Å². The van der Waals surface area contributed by atoms with Gasteiger partial charge in [0.1, 0.15) is 0 Å². The summed E-state index contributed by atoms with van der Waals surface area (Å²) < 4.78 is 0. The molecule has 3 rings (SSSR count). The van der Waals surface area contributed by atoms with Gasteiger partial charge in [-0.25, -0.2) is 4.79 Å². The number of hydrogen-bond acceptors (Lipinski definition) is 3. The van der Waals surface area contributed by atoms with Crippen LogP contribution in [-0.2, 0) is 4.79 Å². The molecule has 1 aromatic carbocycles. The predicted octanol–water partition coefficient (Wildman–Crippen LogP) is 2.03. The highest BCUT2D eigenvalue weighted by Gasteiger charge is 2.46. The Kier molecular flexibility index (Phi) is 3.95. The molecule has 6 nitrogen and oxygen atoms in total. The highest BCUT2D eigenvalue weighted by molar-refractivity contribution is 5.90. The lowest BCUT2D eigenvalue weighted by atomic mass is 9.72. The molecule has 2 heterocycles. The molecule has 0 bridgehead atoms. The van der Waals surface area contributed by atoms with Crippen LogP contribution in [-0.4, -0.2) is 47.9 Å². The fourth-order valence-corrected chi connectivity index (χ4v) is 3.39. The lowest BCUT2D eigenvalue weighted by molar-refractivity contribution is -0.133. The second-order valence-corrected chi connectivity index (χ2v) is 6.48. The van der Waals surface area contributed by atoms with Gasteiger partial charge in [-0.2, -0.15) is 5.26 Å². The van der Waals surface area contributed by atoms with Crippen LogP contribution in [0, 0.1) is 16.7 Å². The van der Waals surface area contributed by atoms with E-state index in [1.54, 1.807) is 36.1 Å². The number of rotatable bonds is 1. The quantitative estimate of drug-likeness (QED) is 0.862. The molecule has 3 amide bonds. The molecular formula is C17H20N4O2. The van der Waals surface area contributed by atoms with Crippen molar-refractivity contribution in [2.75, 3.05) is 31.5 Å². The maximum Gasteiger partial charge on any atom is 0.321 e. The number of hydrogen-bond donors (Lipinski definition) is 1. The van der Waals surface area contributed by atoms with Gasteiger partial charge in [0.2, 0.25) is 5.91 Å². The van der Waals surface area contributed by atoms with Crippen LogP contribution in [0.3, 0.4) is 0 Å². The fraction of sp³-hybridized carbons (Fsp3) is 0.471. The summed E-state index contributed by atoms with van der Waals surface area (Å²) in [5.74, 6) is 0.131. The van der Waals surface area contributed by atoms with Crippen LogP contribution >= 0.6 is 0 Å². The number of urea groups is 1. The molecular weight excluding hydrogens is 292 g/mol. The summed E-state index contributed by atoms with van der Waals surface area (Å²) in [6, 6.07) is 8.84. The molecule has 0 atom stereocenters. The first-order chi connectivity index (χ1) is 11.0. The third kappa shape index (κ3) is 3.14. The summed E-state index contributed by atoms with van der Waals surface area (Å²) in [7, 11) is 0. The Morgan fingerprint density at radius 1 is 1.22 bits per heavy atom. The molecule has 6 heteroatoms. The van der Waals surface area contributed by atoms with Crippen LogP contribution in [0.25, 0.3) is 0 Å². The van der Waals surface area contributed by atoms with Crippen LogP contribution in [0.15, 0.2) is 24.3 Å². The standard InChI is InChI=1S/C17H20N4O2/c1-13(22)20-7-5-17(6-8-20)11-21(12-17)16(23)19-15-4-2-3-14(9-15)10-18/h2-4,9H,5-8,11-12H2,1H3,(H,19,23). The van der Waals surface area contributed by atoms with Gasteiger partial charge in [0.25, 0.3) is 0 Å². The van der Waals surface area contributed by atoms with Gasteiger partial charge in [-0.1, -0.05) is 6.07 Å². The van der Waals surface area contributed by atoms with Gasteiger partial charge in [-0.15, -0.1) is 0 Å². The van der Waals surface area contributed by atoms with Crippen molar-refractivity contribution in [3.8, 4) is 6.07 Å². The number of nitrogens with zero attached hydrogens (tertiary/aromatic N) is 3. The smallest absolute Gasteiger partial charge is 0.321 e. The molecule has 23 heavy (non-hydrogen) atoms. The number of piperidine rings is 1. The Bertz CT molecular complexity index is 663. The Labute approximate surface area is 135 Å². The summed E-state index contributed by atoms with van der Waals surface area (Å²) in [5, 5.41) is 11.7. The minimum absolute atomic E-state index is 0.125. The molecule has 0 unspecified atom stereocenters. The summed E-state index contributed by atoms with van der Waals surface area (Å²) in [4.78, 5) is 27.3. The van der Waals surface area contributed by atoms with E-state index in [0.29, 0.717) is 11.3 Å². The molecule has 2 aliphatic rings. The highest BCUT2D eigenvalue weighted by atomic mass is 16.2. The number of anilines is 1. The normalized spacial score (nSPS) is 19.0. The van der Waals surface area contributed by atoms with Gasteiger partial charge in [-0.3, -0.25) is 4.79 Å². The van der Waals surface area contributed by atoms with E-state index < -0.39 is 0 Å². The zero-order chi connectivity index (χ0) is 16.4. The third-order valence-corrected chi connectivity index (χ3v) is 4.85. The number of nitrogens with one attached hydrogen (secondary N) is 1. The number of carbonyl (C=O) groups is 2. The van der Waals surface area contributed by atoms with Crippen molar-refractivity contribution in [2.45, 2.75) is 19.8 Å². The van der Waals surface area contributed by atoms with E-state index in [4.69, 9.17) is 5.26 Å². The van der Waals surface area contributed by atoms with Crippen molar-refractivity contribution in [2.24, 2.45) is 5.41 Å². The van der Waals surface area contributed by atoms with Gasteiger partial charge in [-0.05, 0) is 31.0 Å². The van der Waals surface area contributed by atoms with Crippen molar-refractivity contribution in [1.29, 1.82) is 5.26 Å². The maximum absolute atomic E-state index is 12.3. The minimum atomic E-state index is -0.125. The molecule has 0 radical (unpaired) electrons. The molecule has 0 saturated carbocycles. The van der Waals surface area contributed by atoms with E-state index in [9.17, 15) is 9.59 Å². The predicted molar refractivity (Wildman–Crippen MR) is 85.7 cm³/mol. The molecule has 1 spiro atoms. The van der Waals surface area contributed by atoms with Gasteiger partial charge in [0, 0.05) is 44.2 Å². The van der Waals surface area contributed by atoms with Gasteiger partial charge in [0.05, 0.1) is 11.6 Å². The topological polar surface area (TPSA) is 76.4 Å². The fourth-order valence-electron chi connectivity index (χ4n) is 3.39.